The Morgan fingerprint density at radius 2 is 2.39 bits per heavy atom. The summed E-state index contributed by atoms with van der Waals surface area (Å²) in [6.07, 6.45) is 1.53. The van der Waals surface area contributed by atoms with Gasteiger partial charge in [-0.3, -0.25) is 0 Å². The molecule has 0 aliphatic heterocycles. The van der Waals surface area contributed by atoms with Gasteiger partial charge in [-0.25, -0.2) is 9.78 Å². The molecule has 0 fully saturated rings. The highest BCUT2D eigenvalue weighted by Gasteiger charge is 2.20. The van der Waals surface area contributed by atoms with Crippen molar-refractivity contribution in [1.82, 2.24) is 9.38 Å². The number of imidazole rings is 1. The number of aliphatic hydroxyl groups is 1. The molecule has 6 heteroatoms. The SMILES string of the molecule is COC(=O)c1nc(CC(C)O)n2cccc(N)c12. The molecule has 0 saturated carbocycles. The molecule has 2 aromatic heterocycles. The minimum Gasteiger partial charge on any atom is -0.464 e. The van der Waals surface area contributed by atoms with Crippen LogP contribution in [0.1, 0.15) is 23.2 Å². The second-order valence-corrected chi connectivity index (χ2v) is 4.10. The maximum absolute atomic E-state index is 11.7. The van der Waals surface area contributed by atoms with E-state index in [1.54, 1.807) is 29.7 Å². The molecule has 0 aliphatic rings. The largest absolute Gasteiger partial charge is 0.464 e. The molecule has 0 aromatic carbocycles. The summed E-state index contributed by atoms with van der Waals surface area (Å²) in [7, 11) is 1.29. The number of fused-ring (bicyclic) bond motifs is 1. The van der Waals surface area contributed by atoms with Gasteiger partial charge in [0.25, 0.3) is 0 Å². The van der Waals surface area contributed by atoms with E-state index >= 15 is 0 Å². The molecule has 0 aliphatic carbocycles. The van der Waals surface area contributed by atoms with Gasteiger partial charge in [0.2, 0.25) is 0 Å². The average Bonchev–Trinajstić information content (AvgIpc) is 2.68. The Morgan fingerprint density at radius 3 is 3.00 bits per heavy atom. The molecule has 2 aromatic rings. The normalized spacial score (nSPS) is 12.6. The lowest BCUT2D eigenvalue weighted by Crippen LogP contribution is -2.08. The molecule has 18 heavy (non-hydrogen) atoms. The number of hydrogen-bond acceptors (Lipinski definition) is 5. The van der Waals surface area contributed by atoms with Crippen molar-refractivity contribution in [3.63, 3.8) is 0 Å². The van der Waals surface area contributed by atoms with Crippen molar-refractivity contribution in [2.24, 2.45) is 0 Å². The van der Waals surface area contributed by atoms with E-state index in [0.29, 0.717) is 23.4 Å². The molecular weight excluding hydrogens is 234 g/mol. The Kier molecular flexibility index (Phi) is 3.20. The number of esters is 1. The molecule has 0 radical (unpaired) electrons. The number of anilines is 1. The molecule has 6 nitrogen and oxygen atoms in total. The fourth-order valence-corrected chi connectivity index (χ4v) is 1.87. The Balaban J connectivity index is 2.67. The van der Waals surface area contributed by atoms with Crippen molar-refractivity contribution in [1.29, 1.82) is 0 Å². The molecule has 2 rings (SSSR count). The van der Waals surface area contributed by atoms with E-state index in [4.69, 9.17) is 5.73 Å². The minimum atomic E-state index is -0.553. The highest BCUT2D eigenvalue weighted by Crippen LogP contribution is 2.21. The molecule has 0 saturated heterocycles. The van der Waals surface area contributed by atoms with Gasteiger partial charge in [0, 0.05) is 12.6 Å². The molecule has 0 bridgehead atoms. The highest BCUT2D eigenvalue weighted by molar-refractivity contribution is 5.98. The number of nitrogen functional groups attached to an aromatic ring is 1. The standard InChI is InChI=1S/C12H15N3O3/c1-7(16)6-9-14-10(12(17)18-2)11-8(13)4-3-5-15(9)11/h3-5,7,16H,6,13H2,1-2H3. The van der Waals surface area contributed by atoms with Crippen molar-refractivity contribution < 1.29 is 14.6 Å². The summed E-state index contributed by atoms with van der Waals surface area (Å²) in [4.78, 5) is 15.9. The van der Waals surface area contributed by atoms with E-state index in [1.165, 1.54) is 7.11 Å². The number of carbonyl (C=O) groups excluding carboxylic acids is 1. The molecule has 1 atom stereocenters. The second kappa shape index (κ2) is 4.66. The Hall–Kier alpha value is -2.08. The van der Waals surface area contributed by atoms with Gasteiger partial charge >= 0.3 is 5.97 Å². The maximum Gasteiger partial charge on any atom is 0.359 e. The van der Waals surface area contributed by atoms with Gasteiger partial charge in [0.1, 0.15) is 11.3 Å². The molecule has 1 unspecified atom stereocenters. The second-order valence-electron chi connectivity index (χ2n) is 4.10. The molecule has 2 heterocycles. The van der Waals surface area contributed by atoms with Crippen LogP contribution >= 0.6 is 0 Å². The molecule has 3 N–H and O–H groups in total. The molecule has 96 valence electrons. The van der Waals surface area contributed by atoms with Crippen LogP contribution in [0.4, 0.5) is 5.69 Å². The van der Waals surface area contributed by atoms with Crippen LogP contribution in [0.2, 0.25) is 0 Å². The summed E-state index contributed by atoms with van der Waals surface area (Å²) in [5.41, 5.74) is 7.00. The van der Waals surface area contributed by atoms with Crippen molar-refractivity contribution in [3.05, 3.63) is 29.8 Å². The van der Waals surface area contributed by atoms with Crippen molar-refractivity contribution in [2.45, 2.75) is 19.4 Å². The number of nitrogens with two attached hydrogens (primary N) is 1. The fraction of sp³-hybridized carbons (Fsp3) is 0.333. The van der Waals surface area contributed by atoms with Gasteiger partial charge in [-0.2, -0.15) is 0 Å². The predicted octanol–water partition coefficient (Wildman–Crippen LogP) is 0.626. The number of aromatic nitrogens is 2. The number of methoxy groups -OCH3 is 1. The van der Waals surface area contributed by atoms with Crippen LogP contribution in [-0.4, -0.2) is 33.7 Å². The van der Waals surface area contributed by atoms with Gasteiger partial charge in [0.15, 0.2) is 5.69 Å². The van der Waals surface area contributed by atoms with Crippen molar-refractivity contribution in [3.8, 4) is 0 Å². The van der Waals surface area contributed by atoms with Gasteiger partial charge in [-0.05, 0) is 19.1 Å². The van der Waals surface area contributed by atoms with E-state index in [9.17, 15) is 9.90 Å². The maximum atomic E-state index is 11.7. The van der Waals surface area contributed by atoms with Gasteiger partial charge in [-0.1, -0.05) is 0 Å². The molecular formula is C12H15N3O3. The first kappa shape index (κ1) is 12.4. The summed E-state index contributed by atoms with van der Waals surface area (Å²) in [6, 6.07) is 3.45. The first-order valence-electron chi connectivity index (χ1n) is 5.56. The number of nitrogens with zero attached hydrogens (tertiary/aromatic N) is 2. The fourth-order valence-electron chi connectivity index (χ4n) is 1.87. The van der Waals surface area contributed by atoms with E-state index in [-0.39, 0.29) is 5.69 Å². The van der Waals surface area contributed by atoms with E-state index < -0.39 is 12.1 Å². The van der Waals surface area contributed by atoms with Crippen LogP contribution in [0.25, 0.3) is 5.52 Å². The van der Waals surface area contributed by atoms with Gasteiger partial charge < -0.3 is 20.0 Å². The quantitative estimate of drug-likeness (QED) is 0.778. The van der Waals surface area contributed by atoms with Crippen LogP contribution in [-0.2, 0) is 11.2 Å². The Morgan fingerprint density at radius 1 is 1.67 bits per heavy atom. The third-order valence-electron chi connectivity index (χ3n) is 2.63. The summed E-state index contributed by atoms with van der Waals surface area (Å²) < 4.78 is 6.39. The average molecular weight is 249 g/mol. The number of rotatable bonds is 3. The smallest absolute Gasteiger partial charge is 0.359 e. The number of aliphatic hydroxyl groups excluding tert-OH is 1. The van der Waals surface area contributed by atoms with Crippen LogP contribution in [0.15, 0.2) is 18.3 Å². The van der Waals surface area contributed by atoms with Crippen LogP contribution in [0, 0.1) is 0 Å². The first-order valence-corrected chi connectivity index (χ1v) is 5.56. The van der Waals surface area contributed by atoms with Gasteiger partial charge in [0.05, 0.1) is 18.9 Å². The van der Waals surface area contributed by atoms with E-state index in [2.05, 4.69) is 9.72 Å². The Labute approximate surface area is 104 Å². The molecule has 0 amide bonds. The topological polar surface area (TPSA) is 89.8 Å². The number of carbonyl (C=O) groups is 1. The van der Waals surface area contributed by atoms with Crippen LogP contribution in [0.3, 0.4) is 0 Å². The lowest BCUT2D eigenvalue weighted by Gasteiger charge is -2.04. The van der Waals surface area contributed by atoms with Gasteiger partial charge in [-0.15, -0.1) is 0 Å². The predicted molar refractivity (Wildman–Crippen MR) is 66.3 cm³/mol. The van der Waals surface area contributed by atoms with Crippen molar-refractivity contribution in [2.75, 3.05) is 12.8 Å². The lowest BCUT2D eigenvalue weighted by molar-refractivity contribution is 0.0596. The summed E-state index contributed by atoms with van der Waals surface area (Å²) in [5, 5.41) is 9.44. The van der Waals surface area contributed by atoms with E-state index in [0.717, 1.165) is 0 Å². The third-order valence-corrected chi connectivity index (χ3v) is 2.63. The van der Waals surface area contributed by atoms with Crippen LogP contribution < -0.4 is 5.73 Å². The summed E-state index contributed by atoms with van der Waals surface area (Å²) >= 11 is 0. The zero-order valence-electron chi connectivity index (χ0n) is 10.3. The highest BCUT2D eigenvalue weighted by atomic mass is 16.5. The number of ether oxygens (including phenoxy) is 1. The summed E-state index contributed by atoms with van der Waals surface area (Å²) in [5.74, 6) is 0.0370. The molecule has 0 spiro atoms. The monoisotopic (exact) mass is 249 g/mol. The van der Waals surface area contributed by atoms with Crippen LogP contribution in [0.5, 0.6) is 0 Å². The Bertz CT molecular complexity index is 590. The van der Waals surface area contributed by atoms with Crippen molar-refractivity contribution >= 4 is 17.2 Å². The zero-order valence-corrected chi connectivity index (χ0v) is 10.3. The number of pyridine rings is 1. The first-order chi connectivity index (χ1) is 8.54. The zero-order chi connectivity index (χ0) is 13.3. The third kappa shape index (κ3) is 2.02. The minimum absolute atomic E-state index is 0.172. The van der Waals surface area contributed by atoms with E-state index in [1.807, 2.05) is 0 Å². The number of hydrogen-bond donors (Lipinski definition) is 2. The summed E-state index contributed by atoms with van der Waals surface area (Å²) in [6.45, 7) is 1.66. The lowest BCUT2D eigenvalue weighted by atomic mass is 10.2.